The molecule has 4 nitrogen and oxygen atoms in total. The van der Waals surface area contributed by atoms with Crippen molar-refractivity contribution < 1.29 is 9.00 Å². The van der Waals surface area contributed by atoms with Crippen LogP contribution in [0.2, 0.25) is 10.0 Å². The van der Waals surface area contributed by atoms with E-state index in [1.807, 2.05) is 6.92 Å². The summed E-state index contributed by atoms with van der Waals surface area (Å²) in [6.07, 6.45) is 2.28. The van der Waals surface area contributed by atoms with Gasteiger partial charge in [0.2, 0.25) is 0 Å². The van der Waals surface area contributed by atoms with E-state index in [-0.39, 0.29) is 27.7 Å². The van der Waals surface area contributed by atoms with E-state index in [9.17, 15) is 9.00 Å². The lowest BCUT2D eigenvalue weighted by molar-refractivity contribution is 0.0939. The molecule has 0 aliphatic rings. The monoisotopic (exact) mass is 322 g/mol. The molecule has 0 fully saturated rings. The second-order valence-electron chi connectivity index (χ2n) is 4.30. The largest absolute Gasteiger partial charge is 0.397 e. The van der Waals surface area contributed by atoms with Gasteiger partial charge in [-0.3, -0.25) is 9.00 Å². The third-order valence-corrected chi connectivity index (χ3v) is 4.16. The van der Waals surface area contributed by atoms with Crippen molar-refractivity contribution in [3.8, 4) is 0 Å². The SMILES string of the molecule is CC(CCS(C)=O)NC(=O)c1cc(N)c(Cl)c(Cl)c1. The zero-order valence-corrected chi connectivity index (χ0v) is 13.0. The van der Waals surface area contributed by atoms with Gasteiger partial charge in [-0.05, 0) is 25.5 Å². The second kappa shape index (κ2) is 7.12. The van der Waals surface area contributed by atoms with E-state index in [2.05, 4.69) is 5.32 Å². The molecule has 1 aromatic rings. The molecule has 0 aliphatic heterocycles. The molecule has 1 amide bonds. The zero-order valence-electron chi connectivity index (χ0n) is 10.7. The molecule has 106 valence electrons. The number of nitrogens with two attached hydrogens (primary N) is 1. The summed E-state index contributed by atoms with van der Waals surface area (Å²) >= 11 is 11.7. The van der Waals surface area contributed by atoms with E-state index < -0.39 is 10.8 Å². The van der Waals surface area contributed by atoms with Gasteiger partial charge in [0.1, 0.15) is 0 Å². The van der Waals surface area contributed by atoms with Gasteiger partial charge >= 0.3 is 0 Å². The topological polar surface area (TPSA) is 72.2 Å². The van der Waals surface area contributed by atoms with Crippen LogP contribution >= 0.6 is 23.2 Å². The number of benzene rings is 1. The summed E-state index contributed by atoms with van der Waals surface area (Å²) in [5.41, 5.74) is 6.28. The van der Waals surface area contributed by atoms with Gasteiger partial charge in [-0.2, -0.15) is 0 Å². The third kappa shape index (κ3) is 5.01. The summed E-state index contributed by atoms with van der Waals surface area (Å²) in [5.74, 6) is 0.268. The van der Waals surface area contributed by atoms with Crippen molar-refractivity contribution in [2.75, 3.05) is 17.7 Å². The molecule has 0 bridgehead atoms. The van der Waals surface area contributed by atoms with Crippen molar-refractivity contribution in [2.24, 2.45) is 0 Å². The van der Waals surface area contributed by atoms with Crippen LogP contribution in [-0.2, 0) is 10.8 Å². The van der Waals surface area contributed by atoms with Crippen molar-refractivity contribution >= 4 is 45.6 Å². The van der Waals surface area contributed by atoms with Crippen LogP contribution in [0.1, 0.15) is 23.7 Å². The fourth-order valence-corrected chi connectivity index (χ4v) is 2.48. The number of carbonyl (C=O) groups excluding carboxylic acids is 1. The molecule has 0 heterocycles. The van der Waals surface area contributed by atoms with Crippen LogP contribution in [0.4, 0.5) is 5.69 Å². The molecule has 0 saturated heterocycles. The van der Waals surface area contributed by atoms with Gasteiger partial charge in [0.15, 0.2) is 0 Å². The minimum absolute atomic E-state index is 0.0768. The first-order valence-electron chi connectivity index (χ1n) is 5.66. The first kappa shape index (κ1) is 16.3. The van der Waals surface area contributed by atoms with Crippen molar-refractivity contribution in [1.29, 1.82) is 0 Å². The van der Waals surface area contributed by atoms with Crippen molar-refractivity contribution in [2.45, 2.75) is 19.4 Å². The molecule has 2 atom stereocenters. The maximum atomic E-state index is 12.0. The van der Waals surface area contributed by atoms with Gasteiger partial charge in [0, 0.05) is 34.4 Å². The summed E-state index contributed by atoms with van der Waals surface area (Å²) < 4.78 is 11.0. The van der Waals surface area contributed by atoms with Crippen molar-refractivity contribution in [3.63, 3.8) is 0 Å². The Morgan fingerprint density at radius 3 is 2.63 bits per heavy atom. The van der Waals surface area contributed by atoms with E-state index in [1.54, 1.807) is 6.26 Å². The number of nitrogen functional groups attached to an aromatic ring is 1. The number of hydrogen-bond acceptors (Lipinski definition) is 3. The lowest BCUT2D eigenvalue weighted by Crippen LogP contribution is -2.33. The van der Waals surface area contributed by atoms with Gasteiger partial charge in [-0.15, -0.1) is 0 Å². The van der Waals surface area contributed by atoms with Crippen LogP contribution in [0.25, 0.3) is 0 Å². The molecule has 1 aromatic carbocycles. The summed E-state index contributed by atoms with van der Waals surface area (Å²) in [6.45, 7) is 1.85. The Bertz CT molecular complexity index is 485. The van der Waals surface area contributed by atoms with E-state index in [0.717, 1.165) is 0 Å². The Morgan fingerprint density at radius 1 is 1.47 bits per heavy atom. The number of amides is 1. The molecule has 0 spiro atoms. The molecule has 0 radical (unpaired) electrons. The fraction of sp³-hybridized carbons (Fsp3) is 0.417. The smallest absolute Gasteiger partial charge is 0.251 e. The van der Waals surface area contributed by atoms with Gasteiger partial charge in [-0.25, -0.2) is 0 Å². The van der Waals surface area contributed by atoms with Gasteiger partial charge in [-0.1, -0.05) is 23.2 Å². The lowest BCUT2D eigenvalue weighted by atomic mass is 10.1. The summed E-state index contributed by atoms with van der Waals surface area (Å²) in [7, 11) is -0.866. The normalized spacial score (nSPS) is 13.9. The number of carbonyl (C=O) groups is 1. The molecule has 3 N–H and O–H groups in total. The Balaban J connectivity index is 2.70. The Kier molecular flexibility index (Phi) is 6.10. The Morgan fingerprint density at radius 2 is 2.11 bits per heavy atom. The highest BCUT2D eigenvalue weighted by atomic mass is 35.5. The summed E-state index contributed by atoms with van der Waals surface area (Å²) in [6, 6.07) is 2.88. The lowest BCUT2D eigenvalue weighted by Gasteiger charge is -2.14. The Labute approximate surface area is 125 Å². The quantitative estimate of drug-likeness (QED) is 0.818. The highest BCUT2D eigenvalue weighted by Crippen LogP contribution is 2.29. The Hall–Kier alpha value is -0.780. The predicted octanol–water partition coefficient (Wildman–Crippen LogP) is 2.46. The van der Waals surface area contributed by atoms with Crippen molar-refractivity contribution in [1.82, 2.24) is 5.32 Å². The summed E-state index contributed by atoms with van der Waals surface area (Å²) in [5, 5.41) is 3.28. The fourth-order valence-electron chi connectivity index (χ4n) is 1.46. The molecule has 19 heavy (non-hydrogen) atoms. The second-order valence-corrected chi connectivity index (χ2v) is 6.64. The molecular weight excluding hydrogens is 307 g/mol. The van der Waals surface area contributed by atoms with Crippen LogP contribution in [-0.4, -0.2) is 28.2 Å². The third-order valence-electron chi connectivity index (χ3n) is 2.53. The number of rotatable bonds is 5. The maximum absolute atomic E-state index is 12.0. The van der Waals surface area contributed by atoms with Crippen LogP contribution in [0.3, 0.4) is 0 Å². The highest BCUT2D eigenvalue weighted by Gasteiger charge is 2.13. The average Bonchev–Trinajstić information content (AvgIpc) is 2.32. The maximum Gasteiger partial charge on any atom is 0.251 e. The number of hydrogen-bond donors (Lipinski definition) is 2. The van der Waals surface area contributed by atoms with E-state index in [1.165, 1.54) is 12.1 Å². The molecule has 7 heteroatoms. The predicted molar refractivity (Wildman–Crippen MR) is 81.4 cm³/mol. The van der Waals surface area contributed by atoms with E-state index in [4.69, 9.17) is 28.9 Å². The number of anilines is 1. The molecule has 1 rings (SSSR count). The number of nitrogens with one attached hydrogen (secondary N) is 1. The van der Waals surface area contributed by atoms with E-state index in [0.29, 0.717) is 17.7 Å². The molecule has 2 unspecified atom stereocenters. The van der Waals surface area contributed by atoms with Gasteiger partial charge in [0.25, 0.3) is 5.91 Å². The average molecular weight is 323 g/mol. The van der Waals surface area contributed by atoms with E-state index >= 15 is 0 Å². The van der Waals surface area contributed by atoms with Crippen LogP contribution in [0.5, 0.6) is 0 Å². The van der Waals surface area contributed by atoms with Gasteiger partial charge < -0.3 is 11.1 Å². The molecule has 0 aromatic heterocycles. The van der Waals surface area contributed by atoms with Gasteiger partial charge in [0.05, 0.1) is 15.7 Å². The van der Waals surface area contributed by atoms with Crippen molar-refractivity contribution in [3.05, 3.63) is 27.7 Å². The molecule has 0 aliphatic carbocycles. The highest BCUT2D eigenvalue weighted by molar-refractivity contribution is 7.84. The zero-order chi connectivity index (χ0) is 14.6. The first-order chi connectivity index (χ1) is 8.81. The minimum Gasteiger partial charge on any atom is -0.397 e. The van der Waals surface area contributed by atoms with Crippen LogP contribution < -0.4 is 11.1 Å². The summed E-state index contributed by atoms with van der Waals surface area (Å²) in [4.78, 5) is 12.0. The number of halogens is 2. The first-order valence-corrected chi connectivity index (χ1v) is 8.15. The van der Waals surface area contributed by atoms with Crippen LogP contribution in [0.15, 0.2) is 12.1 Å². The molecular formula is C12H16Cl2N2O2S. The standard InChI is InChI=1S/C12H16Cl2N2O2S/c1-7(3-4-19(2)18)16-12(17)8-5-9(13)11(14)10(15)6-8/h5-7H,3-4,15H2,1-2H3,(H,16,17). The van der Waals surface area contributed by atoms with Crippen LogP contribution in [0, 0.1) is 0 Å². The minimum atomic E-state index is -0.866. The molecule has 0 saturated carbocycles.